The second-order valence-electron chi connectivity index (χ2n) is 5.36. The van der Waals surface area contributed by atoms with Crippen molar-refractivity contribution in [1.29, 1.82) is 0 Å². The summed E-state index contributed by atoms with van der Waals surface area (Å²) in [6.45, 7) is 3.99. The van der Waals surface area contributed by atoms with Crippen LogP contribution in [0.5, 0.6) is 5.88 Å². The van der Waals surface area contributed by atoms with Gasteiger partial charge in [-0.1, -0.05) is 28.8 Å². The van der Waals surface area contributed by atoms with Gasteiger partial charge in [-0.05, 0) is 26.7 Å². The van der Waals surface area contributed by atoms with E-state index in [1.807, 2.05) is 20.0 Å². The maximum atomic E-state index is 5.61. The Morgan fingerprint density at radius 3 is 2.74 bits per heavy atom. The third kappa shape index (κ3) is 3.81. The van der Waals surface area contributed by atoms with Gasteiger partial charge < -0.3 is 9.64 Å². The molecule has 1 aromatic rings. The topological polar surface area (TPSA) is 38.2 Å². The first-order valence-corrected chi connectivity index (χ1v) is 7.85. The number of anilines is 1. The Bertz CT molecular complexity index is 413. The van der Waals surface area contributed by atoms with Crippen molar-refractivity contribution in [3.63, 3.8) is 0 Å². The second kappa shape index (κ2) is 6.55. The molecule has 1 saturated carbocycles. The standard InChI is InChI=1S/C14H22BrN3O/c1-10(2)19-14-9-16-8-13(17-14)18(3)12-7-5-4-6-11(12)15/h8-12H,4-7H2,1-3H3. The third-order valence-corrected chi connectivity index (χ3v) is 4.53. The van der Waals surface area contributed by atoms with Gasteiger partial charge in [0.2, 0.25) is 5.88 Å². The first-order valence-electron chi connectivity index (χ1n) is 6.93. The fourth-order valence-electron chi connectivity index (χ4n) is 2.48. The van der Waals surface area contributed by atoms with Crippen LogP contribution in [0.3, 0.4) is 0 Å². The van der Waals surface area contributed by atoms with Crippen LogP contribution in [-0.2, 0) is 0 Å². The van der Waals surface area contributed by atoms with Crippen LogP contribution in [0.15, 0.2) is 12.4 Å². The Kier molecular flexibility index (Phi) is 5.02. The molecule has 0 radical (unpaired) electrons. The zero-order valence-corrected chi connectivity index (χ0v) is 13.4. The van der Waals surface area contributed by atoms with Crippen molar-refractivity contribution in [2.24, 2.45) is 0 Å². The molecule has 1 heterocycles. The highest BCUT2D eigenvalue weighted by molar-refractivity contribution is 9.09. The summed E-state index contributed by atoms with van der Waals surface area (Å²) in [6.07, 6.45) is 8.61. The first kappa shape index (κ1) is 14.6. The molecule has 106 valence electrons. The Morgan fingerprint density at radius 2 is 2.05 bits per heavy atom. The van der Waals surface area contributed by atoms with Gasteiger partial charge >= 0.3 is 0 Å². The lowest BCUT2D eigenvalue weighted by Crippen LogP contribution is -2.41. The predicted octanol–water partition coefficient (Wildman–Crippen LogP) is 3.41. The smallest absolute Gasteiger partial charge is 0.234 e. The zero-order chi connectivity index (χ0) is 13.8. The van der Waals surface area contributed by atoms with Crippen LogP contribution in [0.2, 0.25) is 0 Å². The minimum Gasteiger partial charge on any atom is -0.474 e. The number of ether oxygens (including phenoxy) is 1. The Balaban J connectivity index is 2.11. The lowest BCUT2D eigenvalue weighted by atomic mass is 9.94. The maximum absolute atomic E-state index is 5.61. The monoisotopic (exact) mass is 327 g/mol. The van der Waals surface area contributed by atoms with Gasteiger partial charge in [0.1, 0.15) is 0 Å². The van der Waals surface area contributed by atoms with Crippen LogP contribution in [0.1, 0.15) is 39.5 Å². The molecule has 2 rings (SSSR count). The number of nitrogens with zero attached hydrogens (tertiary/aromatic N) is 3. The molecule has 0 aromatic carbocycles. The van der Waals surface area contributed by atoms with Gasteiger partial charge in [0.25, 0.3) is 0 Å². The molecule has 0 spiro atoms. The van der Waals surface area contributed by atoms with Crippen LogP contribution >= 0.6 is 15.9 Å². The molecule has 0 saturated heterocycles. The van der Waals surface area contributed by atoms with Crippen LogP contribution < -0.4 is 9.64 Å². The van der Waals surface area contributed by atoms with Crippen molar-refractivity contribution in [1.82, 2.24) is 9.97 Å². The van der Waals surface area contributed by atoms with Gasteiger partial charge in [0.05, 0.1) is 18.5 Å². The molecule has 0 amide bonds. The lowest BCUT2D eigenvalue weighted by molar-refractivity contribution is 0.231. The summed E-state index contributed by atoms with van der Waals surface area (Å²) in [5.74, 6) is 1.48. The van der Waals surface area contributed by atoms with Crippen molar-refractivity contribution >= 4 is 21.7 Å². The molecule has 1 fully saturated rings. The van der Waals surface area contributed by atoms with Gasteiger partial charge in [-0.15, -0.1) is 0 Å². The largest absolute Gasteiger partial charge is 0.474 e. The molecular weight excluding hydrogens is 306 g/mol. The summed E-state index contributed by atoms with van der Waals surface area (Å²) >= 11 is 3.79. The van der Waals surface area contributed by atoms with E-state index < -0.39 is 0 Å². The minimum absolute atomic E-state index is 0.119. The summed E-state index contributed by atoms with van der Waals surface area (Å²) in [7, 11) is 2.09. The summed E-state index contributed by atoms with van der Waals surface area (Å²) in [5, 5.41) is 0. The number of aromatic nitrogens is 2. The molecule has 0 aliphatic heterocycles. The number of hydrogen-bond acceptors (Lipinski definition) is 4. The maximum Gasteiger partial charge on any atom is 0.234 e. The van der Waals surface area contributed by atoms with E-state index >= 15 is 0 Å². The van der Waals surface area contributed by atoms with E-state index in [9.17, 15) is 0 Å². The van der Waals surface area contributed by atoms with E-state index in [0.717, 1.165) is 5.82 Å². The summed E-state index contributed by atoms with van der Waals surface area (Å²) < 4.78 is 5.61. The van der Waals surface area contributed by atoms with Gasteiger partial charge in [-0.25, -0.2) is 0 Å². The molecule has 1 aliphatic carbocycles. The normalized spacial score (nSPS) is 23.4. The highest BCUT2D eigenvalue weighted by Gasteiger charge is 2.27. The molecular formula is C14H22BrN3O. The minimum atomic E-state index is 0.119. The Morgan fingerprint density at radius 1 is 1.32 bits per heavy atom. The van der Waals surface area contributed by atoms with E-state index in [1.165, 1.54) is 25.7 Å². The molecule has 2 atom stereocenters. The quantitative estimate of drug-likeness (QED) is 0.794. The van der Waals surface area contributed by atoms with Crippen molar-refractivity contribution in [2.45, 2.75) is 56.5 Å². The van der Waals surface area contributed by atoms with Crippen LogP contribution in [0, 0.1) is 0 Å². The van der Waals surface area contributed by atoms with E-state index in [4.69, 9.17) is 4.74 Å². The Labute approximate surface area is 123 Å². The van der Waals surface area contributed by atoms with E-state index in [2.05, 4.69) is 37.8 Å². The molecule has 5 heteroatoms. The summed E-state index contributed by atoms with van der Waals surface area (Å²) in [4.78, 5) is 11.5. The third-order valence-electron chi connectivity index (χ3n) is 3.46. The zero-order valence-electron chi connectivity index (χ0n) is 11.8. The van der Waals surface area contributed by atoms with Crippen molar-refractivity contribution < 1.29 is 4.74 Å². The van der Waals surface area contributed by atoms with Crippen LogP contribution in [-0.4, -0.2) is 34.0 Å². The molecule has 1 aliphatic rings. The van der Waals surface area contributed by atoms with Crippen molar-refractivity contribution in [2.75, 3.05) is 11.9 Å². The molecule has 2 unspecified atom stereocenters. The second-order valence-corrected chi connectivity index (χ2v) is 6.54. The van der Waals surface area contributed by atoms with Crippen LogP contribution in [0.4, 0.5) is 5.82 Å². The number of halogens is 1. The van der Waals surface area contributed by atoms with E-state index in [0.29, 0.717) is 16.7 Å². The molecule has 4 nitrogen and oxygen atoms in total. The fraction of sp³-hybridized carbons (Fsp3) is 0.714. The highest BCUT2D eigenvalue weighted by Crippen LogP contribution is 2.30. The SMILES string of the molecule is CC(C)Oc1cncc(N(C)C2CCCCC2Br)n1. The van der Waals surface area contributed by atoms with Gasteiger partial charge in [-0.2, -0.15) is 4.98 Å². The molecule has 0 N–H and O–H groups in total. The molecule has 0 bridgehead atoms. The van der Waals surface area contributed by atoms with Gasteiger partial charge in [0, 0.05) is 17.9 Å². The Hall–Kier alpha value is -0.840. The lowest BCUT2D eigenvalue weighted by Gasteiger charge is -2.35. The average Bonchev–Trinajstić information content (AvgIpc) is 2.38. The molecule has 19 heavy (non-hydrogen) atoms. The van der Waals surface area contributed by atoms with Crippen molar-refractivity contribution in [3.05, 3.63) is 12.4 Å². The fourth-order valence-corrected chi connectivity index (χ4v) is 3.42. The van der Waals surface area contributed by atoms with E-state index in [1.54, 1.807) is 6.20 Å². The molecule has 1 aromatic heterocycles. The summed E-state index contributed by atoms with van der Waals surface area (Å²) in [6, 6.07) is 0.484. The number of hydrogen-bond donors (Lipinski definition) is 0. The number of rotatable bonds is 4. The van der Waals surface area contributed by atoms with Gasteiger partial charge in [0.15, 0.2) is 5.82 Å². The average molecular weight is 328 g/mol. The number of alkyl halides is 1. The van der Waals surface area contributed by atoms with Crippen molar-refractivity contribution in [3.8, 4) is 5.88 Å². The highest BCUT2D eigenvalue weighted by atomic mass is 79.9. The van der Waals surface area contributed by atoms with Gasteiger partial charge in [-0.3, -0.25) is 4.98 Å². The van der Waals surface area contributed by atoms with E-state index in [-0.39, 0.29) is 6.10 Å². The predicted molar refractivity (Wildman–Crippen MR) is 81.2 cm³/mol. The first-order chi connectivity index (χ1) is 9.08. The van der Waals surface area contributed by atoms with Crippen LogP contribution in [0.25, 0.3) is 0 Å². The summed E-state index contributed by atoms with van der Waals surface area (Å²) in [5.41, 5.74) is 0.